The van der Waals surface area contributed by atoms with Crippen LogP contribution in [0.25, 0.3) is 11.1 Å². The molecule has 0 unspecified atom stereocenters. The highest BCUT2D eigenvalue weighted by Gasteiger charge is 2.10. The maximum absolute atomic E-state index is 12.4. The zero-order chi connectivity index (χ0) is 18.5. The smallest absolute Gasteiger partial charge is 0.256 e. The van der Waals surface area contributed by atoms with Gasteiger partial charge in [-0.25, -0.2) is 0 Å². The van der Waals surface area contributed by atoms with Crippen molar-refractivity contribution in [1.82, 2.24) is 4.98 Å². The fraction of sp³-hybridized carbons (Fsp3) is 0.217. The molecule has 0 aliphatic carbocycles. The van der Waals surface area contributed by atoms with E-state index in [1.165, 1.54) is 22.3 Å². The Balaban J connectivity index is 1.83. The SMILES string of the molecule is CCc1ccc(CC)c(-c2ccc(NC(=O)c3ccncc3C)cc2)c1. The molecule has 1 amide bonds. The largest absolute Gasteiger partial charge is 0.322 e. The van der Waals surface area contributed by atoms with E-state index in [4.69, 9.17) is 0 Å². The van der Waals surface area contributed by atoms with E-state index < -0.39 is 0 Å². The number of anilines is 1. The summed E-state index contributed by atoms with van der Waals surface area (Å²) in [5.74, 6) is -0.111. The molecule has 132 valence electrons. The van der Waals surface area contributed by atoms with Gasteiger partial charge < -0.3 is 5.32 Å². The average molecular weight is 344 g/mol. The number of pyridine rings is 1. The quantitative estimate of drug-likeness (QED) is 0.670. The van der Waals surface area contributed by atoms with E-state index in [0.717, 1.165) is 24.1 Å². The van der Waals surface area contributed by atoms with Crippen molar-refractivity contribution in [2.75, 3.05) is 5.32 Å². The van der Waals surface area contributed by atoms with Crippen molar-refractivity contribution in [1.29, 1.82) is 0 Å². The number of carbonyl (C=O) groups excluding carboxylic acids is 1. The monoisotopic (exact) mass is 344 g/mol. The summed E-state index contributed by atoms with van der Waals surface area (Å²) in [6, 6.07) is 16.5. The third-order valence-corrected chi connectivity index (χ3v) is 4.68. The van der Waals surface area contributed by atoms with Gasteiger partial charge in [0.05, 0.1) is 0 Å². The van der Waals surface area contributed by atoms with Gasteiger partial charge in [-0.1, -0.05) is 44.2 Å². The molecule has 3 rings (SSSR count). The first-order chi connectivity index (χ1) is 12.6. The fourth-order valence-electron chi connectivity index (χ4n) is 3.08. The molecule has 0 radical (unpaired) electrons. The molecule has 0 saturated carbocycles. The van der Waals surface area contributed by atoms with Crippen LogP contribution in [0.2, 0.25) is 0 Å². The van der Waals surface area contributed by atoms with Crippen molar-refractivity contribution in [2.24, 2.45) is 0 Å². The van der Waals surface area contributed by atoms with E-state index in [2.05, 4.69) is 54.5 Å². The highest BCUT2D eigenvalue weighted by molar-refractivity contribution is 6.05. The van der Waals surface area contributed by atoms with Crippen LogP contribution in [0.1, 0.15) is 40.9 Å². The second-order valence-electron chi connectivity index (χ2n) is 6.42. The molecular weight excluding hydrogens is 320 g/mol. The molecule has 3 aromatic rings. The predicted molar refractivity (Wildman–Crippen MR) is 108 cm³/mol. The summed E-state index contributed by atoms with van der Waals surface area (Å²) < 4.78 is 0. The second kappa shape index (κ2) is 7.96. The molecule has 3 heteroatoms. The van der Waals surface area contributed by atoms with E-state index in [0.29, 0.717) is 5.56 Å². The first-order valence-electron chi connectivity index (χ1n) is 9.06. The van der Waals surface area contributed by atoms with Crippen molar-refractivity contribution in [3.8, 4) is 11.1 Å². The predicted octanol–water partition coefficient (Wildman–Crippen LogP) is 5.43. The van der Waals surface area contributed by atoms with Gasteiger partial charge in [-0.05, 0) is 65.8 Å². The fourth-order valence-corrected chi connectivity index (χ4v) is 3.08. The molecule has 1 heterocycles. The Morgan fingerprint density at radius 2 is 1.77 bits per heavy atom. The Bertz CT molecular complexity index is 914. The van der Waals surface area contributed by atoms with Crippen LogP contribution >= 0.6 is 0 Å². The van der Waals surface area contributed by atoms with Crippen LogP contribution < -0.4 is 5.32 Å². The van der Waals surface area contributed by atoms with E-state index >= 15 is 0 Å². The first-order valence-corrected chi connectivity index (χ1v) is 9.06. The lowest BCUT2D eigenvalue weighted by Gasteiger charge is -2.12. The topological polar surface area (TPSA) is 42.0 Å². The summed E-state index contributed by atoms with van der Waals surface area (Å²) in [6.07, 6.45) is 5.36. The molecule has 26 heavy (non-hydrogen) atoms. The third-order valence-electron chi connectivity index (χ3n) is 4.68. The number of aromatic nitrogens is 1. The molecule has 0 atom stereocenters. The molecule has 0 spiro atoms. The third kappa shape index (κ3) is 3.83. The van der Waals surface area contributed by atoms with Gasteiger partial charge in [0.2, 0.25) is 0 Å². The van der Waals surface area contributed by atoms with Gasteiger partial charge in [0.25, 0.3) is 5.91 Å². The van der Waals surface area contributed by atoms with Gasteiger partial charge in [0.1, 0.15) is 0 Å². The summed E-state index contributed by atoms with van der Waals surface area (Å²) in [5, 5.41) is 2.96. The Kier molecular flexibility index (Phi) is 5.47. The van der Waals surface area contributed by atoms with Gasteiger partial charge in [0.15, 0.2) is 0 Å². The molecule has 0 bridgehead atoms. The maximum Gasteiger partial charge on any atom is 0.256 e. The number of benzene rings is 2. The number of hydrogen-bond donors (Lipinski definition) is 1. The number of nitrogens with zero attached hydrogens (tertiary/aromatic N) is 1. The van der Waals surface area contributed by atoms with Gasteiger partial charge in [-0.2, -0.15) is 0 Å². The lowest BCUT2D eigenvalue weighted by molar-refractivity contribution is 0.102. The Morgan fingerprint density at radius 1 is 1.00 bits per heavy atom. The van der Waals surface area contributed by atoms with Crippen LogP contribution in [-0.4, -0.2) is 10.9 Å². The number of carbonyl (C=O) groups is 1. The molecular formula is C23H24N2O. The first kappa shape index (κ1) is 17.9. The van der Waals surface area contributed by atoms with E-state index in [1.807, 2.05) is 19.1 Å². The van der Waals surface area contributed by atoms with E-state index in [1.54, 1.807) is 18.5 Å². The van der Waals surface area contributed by atoms with E-state index in [9.17, 15) is 4.79 Å². The Morgan fingerprint density at radius 3 is 2.42 bits per heavy atom. The minimum Gasteiger partial charge on any atom is -0.322 e. The second-order valence-corrected chi connectivity index (χ2v) is 6.42. The number of nitrogens with one attached hydrogen (secondary N) is 1. The summed E-state index contributed by atoms with van der Waals surface area (Å²) >= 11 is 0. The van der Waals surface area contributed by atoms with Crippen molar-refractivity contribution in [3.63, 3.8) is 0 Å². The molecule has 2 aromatic carbocycles. The number of rotatable bonds is 5. The molecule has 0 aliphatic heterocycles. The van der Waals surface area contributed by atoms with Gasteiger partial charge in [0, 0.05) is 23.6 Å². The summed E-state index contributed by atoms with van der Waals surface area (Å²) in [6.45, 7) is 6.23. The number of aryl methyl sites for hydroxylation is 3. The molecule has 0 fully saturated rings. The van der Waals surface area contributed by atoms with Crippen LogP contribution in [0.15, 0.2) is 60.9 Å². The molecule has 1 aromatic heterocycles. The molecule has 0 saturated heterocycles. The van der Waals surface area contributed by atoms with Crippen LogP contribution in [0.3, 0.4) is 0 Å². The lowest BCUT2D eigenvalue weighted by Crippen LogP contribution is -2.13. The standard InChI is InChI=1S/C23H24N2O/c1-4-17-6-7-18(5-2)22(14-17)19-8-10-20(11-9-19)25-23(26)21-12-13-24-15-16(21)3/h6-15H,4-5H2,1-3H3,(H,25,26). The highest BCUT2D eigenvalue weighted by Crippen LogP contribution is 2.27. The Hall–Kier alpha value is -2.94. The zero-order valence-corrected chi connectivity index (χ0v) is 15.5. The molecule has 1 N–H and O–H groups in total. The minimum absolute atomic E-state index is 0.111. The van der Waals surface area contributed by atoms with Gasteiger partial charge in [-0.15, -0.1) is 0 Å². The van der Waals surface area contributed by atoms with Gasteiger partial charge in [-0.3, -0.25) is 9.78 Å². The van der Waals surface area contributed by atoms with Crippen molar-refractivity contribution >= 4 is 11.6 Å². The molecule has 3 nitrogen and oxygen atoms in total. The van der Waals surface area contributed by atoms with E-state index in [-0.39, 0.29) is 5.91 Å². The summed E-state index contributed by atoms with van der Waals surface area (Å²) in [7, 11) is 0. The summed E-state index contributed by atoms with van der Waals surface area (Å²) in [5.41, 5.74) is 7.43. The average Bonchev–Trinajstić information content (AvgIpc) is 2.68. The van der Waals surface area contributed by atoms with Crippen molar-refractivity contribution in [2.45, 2.75) is 33.6 Å². The minimum atomic E-state index is -0.111. The summed E-state index contributed by atoms with van der Waals surface area (Å²) in [4.78, 5) is 16.5. The Labute approximate surface area is 155 Å². The molecule has 0 aliphatic rings. The number of hydrogen-bond acceptors (Lipinski definition) is 2. The van der Waals surface area contributed by atoms with Crippen LogP contribution in [-0.2, 0) is 12.8 Å². The van der Waals surface area contributed by atoms with Crippen molar-refractivity contribution < 1.29 is 4.79 Å². The lowest BCUT2D eigenvalue weighted by atomic mass is 9.95. The van der Waals surface area contributed by atoms with Gasteiger partial charge >= 0.3 is 0 Å². The van der Waals surface area contributed by atoms with Crippen molar-refractivity contribution in [3.05, 3.63) is 83.2 Å². The van der Waals surface area contributed by atoms with Crippen LogP contribution in [0.5, 0.6) is 0 Å². The number of amides is 1. The van der Waals surface area contributed by atoms with Crippen LogP contribution in [0, 0.1) is 6.92 Å². The normalized spacial score (nSPS) is 10.6. The van der Waals surface area contributed by atoms with Crippen LogP contribution in [0.4, 0.5) is 5.69 Å². The maximum atomic E-state index is 12.4. The highest BCUT2D eigenvalue weighted by atomic mass is 16.1. The zero-order valence-electron chi connectivity index (χ0n) is 15.5.